The Morgan fingerprint density at radius 3 is 2.60 bits per heavy atom. The van der Waals surface area contributed by atoms with Crippen LogP contribution in [0.5, 0.6) is 0 Å². The van der Waals surface area contributed by atoms with E-state index in [9.17, 15) is 4.79 Å². The van der Waals surface area contributed by atoms with Crippen molar-refractivity contribution in [2.24, 2.45) is 0 Å². The molecule has 1 heterocycles. The summed E-state index contributed by atoms with van der Waals surface area (Å²) in [6.45, 7) is 3.69. The van der Waals surface area contributed by atoms with Crippen LogP contribution < -0.4 is 5.32 Å². The van der Waals surface area contributed by atoms with Crippen LogP contribution in [-0.2, 0) is 4.79 Å². The standard InChI is InChI=1S/C19H16N4OS/c1-12(18(24)23-15-9-7-14(11-20)8-10-15)25-19-16-5-3-4-6-17(16)21-13(2)22-19/h3-10,12H,1-2H3,(H,23,24)/t12-/m0/s1. The minimum Gasteiger partial charge on any atom is -0.325 e. The number of nitrogens with zero attached hydrogens (tertiary/aromatic N) is 3. The minimum atomic E-state index is -0.326. The van der Waals surface area contributed by atoms with Crippen molar-refractivity contribution in [1.29, 1.82) is 5.26 Å². The van der Waals surface area contributed by atoms with Gasteiger partial charge in [-0.1, -0.05) is 30.0 Å². The third-order valence-corrected chi connectivity index (χ3v) is 4.72. The molecule has 2 aromatic carbocycles. The van der Waals surface area contributed by atoms with Gasteiger partial charge in [0.15, 0.2) is 0 Å². The number of benzene rings is 2. The van der Waals surface area contributed by atoms with Gasteiger partial charge in [-0.25, -0.2) is 9.97 Å². The third kappa shape index (κ3) is 3.95. The van der Waals surface area contributed by atoms with Crippen molar-refractivity contribution >= 4 is 34.3 Å². The van der Waals surface area contributed by atoms with E-state index in [1.54, 1.807) is 24.3 Å². The van der Waals surface area contributed by atoms with E-state index in [0.717, 1.165) is 15.9 Å². The number of fused-ring (bicyclic) bond motifs is 1. The molecule has 0 saturated carbocycles. The SMILES string of the molecule is Cc1nc(S[C@@H](C)C(=O)Nc2ccc(C#N)cc2)c2ccccc2n1. The molecule has 0 saturated heterocycles. The highest BCUT2D eigenvalue weighted by molar-refractivity contribution is 8.00. The Balaban J connectivity index is 1.76. The van der Waals surface area contributed by atoms with Crippen LogP contribution >= 0.6 is 11.8 Å². The molecule has 1 atom stereocenters. The van der Waals surface area contributed by atoms with E-state index in [2.05, 4.69) is 21.4 Å². The second-order valence-electron chi connectivity index (χ2n) is 5.53. The van der Waals surface area contributed by atoms with Gasteiger partial charge in [0.05, 0.1) is 22.4 Å². The fourth-order valence-corrected chi connectivity index (χ4v) is 3.33. The Morgan fingerprint density at radius 2 is 1.88 bits per heavy atom. The average molecular weight is 348 g/mol. The lowest BCUT2D eigenvalue weighted by Gasteiger charge is -2.13. The van der Waals surface area contributed by atoms with Crippen molar-refractivity contribution < 1.29 is 4.79 Å². The maximum Gasteiger partial charge on any atom is 0.237 e. The average Bonchev–Trinajstić information content (AvgIpc) is 2.62. The molecule has 0 aliphatic carbocycles. The van der Waals surface area contributed by atoms with Gasteiger partial charge in [-0.2, -0.15) is 5.26 Å². The van der Waals surface area contributed by atoms with Gasteiger partial charge >= 0.3 is 0 Å². The van der Waals surface area contributed by atoms with Gasteiger partial charge in [0.1, 0.15) is 10.9 Å². The van der Waals surface area contributed by atoms with Crippen LogP contribution in [0.15, 0.2) is 53.6 Å². The summed E-state index contributed by atoms with van der Waals surface area (Å²) >= 11 is 1.41. The maximum atomic E-state index is 12.5. The van der Waals surface area contributed by atoms with Crippen LogP contribution in [0.4, 0.5) is 5.69 Å². The molecule has 0 aliphatic rings. The Labute approximate surface area is 150 Å². The molecule has 1 aromatic heterocycles. The highest BCUT2D eigenvalue weighted by Crippen LogP contribution is 2.29. The Kier molecular flexibility index (Phi) is 4.96. The first kappa shape index (κ1) is 16.9. The number of anilines is 1. The molecule has 25 heavy (non-hydrogen) atoms. The van der Waals surface area contributed by atoms with Crippen LogP contribution in [0.1, 0.15) is 18.3 Å². The maximum absolute atomic E-state index is 12.5. The van der Waals surface area contributed by atoms with Crippen molar-refractivity contribution in [1.82, 2.24) is 9.97 Å². The predicted octanol–water partition coefficient (Wildman–Crippen LogP) is 3.93. The van der Waals surface area contributed by atoms with E-state index in [0.29, 0.717) is 17.1 Å². The molecule has 6 heteroatoms. The Morgan fingerprint density at radius 1 is 1.16 bits per heavy atom. The minimum absolute atomic E-state index is 0.116. The number of aryl methyl sites for hydroxylation is 1. The smallest absolute Gasteiger partial charge is 0.237 e. The molecule has 1 amide bonds. The summed E-state index contributed by atoms with van der Waals surface area (Å²) in [4.78, 5) is 21.4. The van der Waals surface area contributed by atoms with Crippen LogP contribution in [0, 0.1) is 18.3 Å². The van der Waals surface area contributed by atoms with Crippen LogP contribution in [0.25, 0.3) is 10.9 Å². The van der Waals surface area contributed by atoms with Gasteiger partial charge in [-0.05, 0) is 44.2 Å². The van der Waals surface area contributed by atoms with Gasteiger partial charge in [-0.3, -0.25) is 4.79 Å². The summed E-state index contributed by atoms with van der Waals surface area (Å²) in [6, 6.07) is 16.6. The molecule has 1 N–H and O–H groups in total. The second-order valence-corrected chi connectivity index (χ2v) is 6.86. The lowest BCUT2D eigenvalue weighted by atomic mass is 10.2. The van der Waals surface area contributed by atoms with Crippen molar-refractivity contribution in [3.05, 3.63) is 59.9 Å². The molecular formula is C19H16N4OS. The first-order valence-corrected chi connectivity index (χ1v) is 8.66. The highest BCUT2D eigenvalue weighted by atomic mass is 32.2. The summed E-state index contributed by atoms with van der Waals surface area (Å²) < 4.78 is 0. The zero-order valence-corrected chi connectivity index (χ0v) is 14.7. The number of hydrogen-bond donors (Lipinski definition) is 1. The van der Waals surface area contributed by atoms with Crippen molar-refractivity contribution in [3.63, 3.8) is 0 Å². The van der Waals surface area contributed by atoms with Gasteiger partial charge < -0.3 is 5.32 Å². The zero-order chi connectivity index (χ0) is 17.8. The first-order chi connectivity index (χ1) is 12.1. The molecule has 0 radical (unpaired) electrons. The molecule has 5 nitrogen and oxygen atoms in total. The van der Waals surface area contributed by atoms with E-state index in [-0.39, 0.29) is 11.2 Å². The third-order valence-electron chi connectivity index (χ3n) is 3.62. The van der Waals surface area contributed by atoms with Gasteiger partial charge in [0.2, 0.25) is 5.91 Å². The van der Waals surface area contributed by atoms with E-state index in [1.165, 1.54) is 11.8 Å². The number of rotatable bonds is 4. The first-order valence-electron chi connectivity index (χ1n) is 7.78. The molecule has 3 aromatic rings. The van der Waals surface area contributed by atoms with Gasteiger partial charge in [0.25, 0.3) is 0 Å². The number of carbonyl (C=O) groups is 1. The molecular weight excluding hydrogens is 332 g/mol. The van der Waals surface area contributed by atoms with E-state index in [1.807, 2.05) is 38.1 Å². The number of amides is 1. The molecule has 0 fully saturated rings. The van der Waals surface area contributed by atoms with Crippen molar-refractivity contribution in [2.45, 2.75) is 24.1 Å². The Hall–Kier alpha value is -2.91. The van der Waals surface area contributed by atoms with E-state index < -0.39 is 0 Å². The summed E-state index contributed by atoms with van der Waals surface area (Å²) in [6.07, 6.45) is 0. The van der Waals surface area contributed by atoms with Crippen molar-refractivity contribution in [3.8, 4) is 6.07 Å². The topological polar surface area (TPSA) is 78.7 Å². The number of nitrogens with one attached hydrogen (secondary N) is 1. The Bertz CT molecular complexity index is 963. The fraction of sp³-hybridized carbons (Fsp3) is 0.158. The lowest BCUT2D eigenvalue weighted by molar-refractivity contribution is -0.115. The number of carbonyl (C=O) groups excluding carboxylic acids is 1. The lowest BCUT2D eigenvalue weighted by Crippen LogP contribution is -2.22. The number of hydrogen-bond acceptors (Lipinski definition) is 5. The normalized spacial score (nSPS) is 11.7. The summed E-state index contributed by atoms with van der Waals surface area (Å²) in [5.41, 5.74) is 2.10. The fourth-order valence-electron chi connectivity index (χ4n) is 2.34. The van der Waals surface area contributed by atoms with Crippen molar-refractivity contribution in [2.75, 3.05) is 5.32 Å². The molecule has 3 rings (SSSR count). The molecule has 124 valence electrons. The van der Waals surface area contributed by atoms with Gasteiger partial charge in [0, 0.05) is 11.1 Å². The quantitative estimate of drug-likeness (QED) is 0.571. The van der Waals surface area contributed by atoms with Crippen LogP contribution in [0.3, 0.4) is 0 Å². The highest BCUT2D eigenvalue weighted by Gasteiger charge is 2.17. The predicted molar refractivity (Wildman–Crippen MR) is 99.4 cm³/mol. The summed E-state index contributed by atoms with van der Waals surface area (Å²) in [5.74, 6) is 0.566. The number of para-hydroxylation sites is 1. The van der Waals surface area contributed by atoms with Gasteiger partial charge in [-0.15, -0.1) is 0 Å². The summed E-state index contributed by atoms with van der Waals surface area (Å²) in [7, 11) is 0. The van der Waals surface area contributed by atoms with E-state index >= 15 is 0 Å². The zero-order valence-electron chi connectivity index (χ0n) is 13.9. The second kappa shape index (κ2) is 7.32. The molecule has 0 bridgehead atoms. The largest absolute Gasteiger partial charge is 0.325 e. The summed E-state index contributed by atoms with van der Waals surface area (Å²) in [5, 5.41) is 13.1. The number of nitriles is 1. The monoisotopic (exact) mass is 348 g/mol. The van der Waals surface area contributed by atoms with Crippen LogP contribution in [-0.4, -0.2) is 21.1 Å². The number of aromatic nitrogens is 2. The van der Waals surface area contributed by atoms with Crippen LogP contribution in [0.2, 0.25) is 0 Å². The molecule has 0 spiro atoms. The van der Waals surface area contributed by atoms with E-state index in [4.69, 9.17) is 5.26 Å². The molecule has 0 unspecified atom stereocenters. The molecule has 0 aliphatic heterocycles. The number of thioether (sulfide) groups is 1.